The number of likely N-dealkylation sites (tertiary alicyclic amines) is 1. The van der Waals surface area contributed by atoms with E-state index in [1.54, 1.807) is 0 Å². The highest BCUT2D eigenvalue weighted by Crippen LogP contribution is 2.41. The van der Waals surface area contributed by atoms with Crippen molar-refractivity contribution in [2.45, 2.75) is 43.9 Å². The molecule has 0 radical (unpaired) electrons. The van der Waals surface area contributed by atoms with Crippen molar-refractivity contribution in [2.75, 3.05) is 13.1 Å². The third-order valence-corrected chi connectivity index (χ3v) is 4.03. The van der Waals surface area contributed by atoms with Gasteiger partial charge in [-0.15, -0.1) is 0 Å². The predicted octanol–water partition coefficient (Wildman–Crippen LogP) is 1.96. The Bertz CT molecular complexity index is 522. The molecule has 1 aliphatic heterocycles. The number of halogens is 3. The fourth-order valence-electron chi connectivity index (χ4n) is 2.72. The fourth-order valence-corrected chi connectivity index (χ4v) is 2.72. The van der Waals surface area contributed by atoms with Gasteiger partial charge in [0.2, 0.25) is 11.5 Å². The molecule has 2 rings (SSSR count). The summed E-state index contributed by atoms with van der Waals surface area (Å²) >= 11 is 0. The summed E-state index contributed by atoms with van der Waals surface area (Å²) in [7, 11) is 1.36. The third-order valence-electron chi connectivity index (χ3n) is 4.03. The van der Waals surface area contributed by atoms with Crippen LogP contribution in [0.5, 0.6) is 0 Å². The Morgan fingerprint density at radius 1 is 1.27 bits per heavy atom. The van der Waals surface area contributed by atoms with Gasteiger partial charge in [0, 0.05) is 32.5 Å². The molecule has 1 amide bonds. The maximum atomic E-state index is 13.4. The Kier molecular flexibility index (Phi) is 4.79. The molecule has 1 unspecified atom stereocenters. The molecule has 1 saturated heterocycles. The number of nitrogens with zero attached hydrogens (tertiary/aromatic N) is 3. The molecule has 1 atom stereocenters. The van der Waals surface area contributed by atoms with E-state index in [1.807, 2.05) is 0 Å². The van der Waals surface area contributed by atoms with Crippen molar-refractivity contribution >= 4 is 5.91 Å². The zero-order valence-corrected chi connectivity index (χ0v) is 12.4. The molecule has 0 spiro atoms. The highest BCUT2D eigenvalue weighted by Gasteiger charge is 2.59. The van der Waals surface area contributed by atoms with Crippen LogP contribution < -0.4 is 0 Å². The molecular formula is C14H20F3N3O2. The van der Waals surface area contributed by atoms with E-state index in [2.05, 4.69) is 4.98 Å². The van der Waals surface area contributed by atoms with Crippen molar-refractivity contribution in [3.63, 3.8) is 0 Å². The maximum Gasteiger partial charge on any atom is 0.425 e. The maximum absolute atomic E-state index is 13.4. The van der Waals surface area contributed by atoms with Crippen LogP contribution in [-0.2, 0) is 17.4 Å². The molecule has 124 valence electrons. The Labute approximate surface area is 126 Å². The Morgan fingerprint density at radius 2 is 1.86 bits per heavy atom. The minimum Gasteiger partial charge on any atom is -0.374 e. The molecule has 1 aromatic rings. The number of carbonyl (C=O) groups is 1. The summed E-state index contributed by atoms with van der Waals surface area (Å²) < 4.78 is 41.2. The highest BCUT2D eigenvalue weighted by atomic mass is 19.4. The molecule has 1 aliphatic rings. The van der Waals surface area contributed by atoms with Gasteiger partial charge in [0.1, 0.15) is 0 Å². The second kappa shape index (κ2) is 6.28. The summed E-state index contributed by atoms with van der Waals surface area (Å²) in [5.41, 5.74) is -3.27. The summed E-state index contributed by atoms with van der Waals surface area (Å²) in [6.07, 6.45) is -0.0591. The van der Waals surface area contributed by atoms with E-state index in [0.717, 1.165) is 30.3 Å². The van der Waals surface area contributed by atoms with Crippen molar-refractivity contribution in [3.8, 4) is 0 Å². The van der Waals surface area contributed by atoms with Gasteiger partial charge in [-0.2, -0.15) is 13.2 Å². The fraction of sp³-hybridized carbons (Fsp3) is 0.714. The molecule has 0 aliphatic carbocycles. The average molecular weight is 319 g/mol. The Morgan fingerprint density at radius 3 is 2.32 bits per heavy atom. The summed E-state index contributed by atoms with van der Waals surface area (Å²) in [6, 6.07) is 0. The largest absolute Gasteiger partial charge is 0.425 e. The van der Waals surface area contributed by atoms with Gasteiger partial charge >= 0.3 is 6.18 Å². The second-order valence-corrected chi connectivity index (χ2v) is 5.69. The van der Waals surface area contributed by atoms with E-state index in [-0.39, 0.29) is 0 Å². The minimum atomic E-state index is -4.98. The van der Waals surface area contributed by atoms with E-state index < -0.39 is 29.9 Å². The lowest BCUT2D eigenvalue weighted by Crippen LogP contribution is -2.48. The summed E-state index contributed by atoms with van der Waals surface area (Å²) in [5.74, 6) is -1.26. The number of rotatable bonds is 3. The first-order chi connectivity index (χ1) is 10.3. The first-order valence-electron chi connectivity index (χ1n) is 7.30. The molecule has 8 heteroatoms. The summed E-state index contributed by atoms with van der Waals surface area (Å²) in [4.78, 5) is 17.3. The van der Waals surface area contributed by atoms with E-state index >= 15 is 0 Å². The number of aromatic nitrogens is 2. The van der Waals surface area contributed by atoms with Gasteiger partial charge in [0.05, 0.1) is 6.42 Å². The van der Waals surface area contributed by atoms with Crippen LogP contribution in [0.15, 0.2) is 12.4 Å². The molecule has 0 bridgehead atoms. The molecule has 0 saturated carbocycles. The third kappa shape index (κ3) is 3.26. The molecule has 0 aromatic carbocycles. The van der Waals surface area contributed by atoms with Crippen LogP contribution in [0.25, 0.3) is 0 Å². The van der Waals surface area contributed by atoms with Crippen molar-refractivity contribution in [2.24, 2.45) is 7.05 Å². The van der Waals surface area contributed by atoms with Gasteiger partial charge in [-0.1, -0.05) is 12.8 Å². The molecule has 1 aromatic heterocycles. The molecule has 1 fully saturated rings. The quantitative estimate of drug-likeness (QED) is 0.926. The van der Waals surface area contributed by atoms with E-state index in [0.29, 0.717) is 13.1 Å². The van der Waals surface area contributed by atoms with Gasteiger partial charge in [0.25, 0.3) is 0 Å². The van der Waals surface area contributed by atoms with Gasteiger partial charge < -0.3 is 14.6 Å². The van der Waals surface area contributed by atoms with Crippen LogP contribution in [0.4, 0.5) is 13.2 Å². The number of aryl methyl sites for hydroxylation is 1. The van der Waals surface area contributed by atoms with Gasteiger partial charge in [-0.05, 0) is 12.8 Å². The highest BCUT2D eigenvalue weighted by molar-refractivity contribution is 5.77. The summed E-state index contributed by atoms with van der Waals surface area (Å²) in [5, 5.41) is 10.2. The Balaban J connectivity index is 2.24. The first-order valence-corrected chi connectivity index (χ1v) is 7.30. The van der Waals surface area contributed by atoms with Gasteiger partial charge in [-0.3, -0.25) is 4.79 Å². The number of amides is 1. The normalized spacial score (nSPS) is 19.6. The SMILES string of the molecule is Cn1ccnc1C(O)(CC(=O)N1CCCCCC1)C(F)(F)F. The molecule has 1 N–H and O–H groups in total. The van der Waals surface area contributed by atoms with Crippen molar-refractivity contribution < 1.29 is 23.1 Å². The predicted molar refractivity (Wildman–Crippen MR) is 72.8 cm³/mol. The number of aliphatic hydroxyl groups is 1. The molecule has 5 nitrogen and oxygen atoms in total. The van der Waals surface area contributed by atoms with E-state index in [1.165, 1.54) is 24.3 Å². The smallest absolute Gasteiger partial charge is 0.374 e. The molecule has 2 heterocycles. The number of hydrogen-bond donors (Lipinski definition) is 1. The lowest BCUT2D eigenvalue weighted by molar-refractivity contribution is -0.272. The molecule has 22 heavy (non-hydrogen) atoms. The average Bonchev–Trinajstić information content (AvgIpc) is 2.70. The van der Waals surface area contributed by atoms with Gasteiger partial charge in [0.15, 0.2) is 5.82 Å². The lowest BCUT2D eigenvalue weighted by atomic mass is 9.96. The number of carbonyl (C=O) groups excluding carboxylic acids is 1. The zero-order chi connectivity index (χ0) is 16.4. The van der Waals surface area contributed by atoms with Crippen LogP contribution in [0, 0.1) is 0 Å². The number of imidazole rings is 1. The van der Waals surface area contributed by atoms with Crippen LogP contribution in [0.1, 0.15) is 37.9 Å². The number of alkyl halides is 3. The van der Waals surface area contributed by atoms with E-state index in [4.69, 9.17) is 0 Å². The van der Waals surface area contributed by atoms with Crippen molar-refractivity contribution in [1.29, 1.82) is 0 Å². The number of hydrogen-bond acceptors (Lipinski definition) is 3. The second-order valence-electron chi connectivity index (χ2n) is 5.69. The standard InChI is InChI=1S/C14H20F3N3O2/c1-19-9-6-18-12(19)13(22,14(15,16)17)10-11(21)20-7-4-2-3-5-8-20/h6,9,22H,2-5,7-8,10H2,1H3. The van der Waals surface area contributed by atoms with E-state index in [9.17, 15) is 23.1 Å². The van der Waals surface area contributed by atoms with Crippen molar-refractivity contribution in [3.05, 3.63) is 18.2 Å². The summed E-state index contributed by atoms with van der Waals surface area (Å²) in [6.45, 7) is 0.876. The Hall–Kier alpha value is -1.57. The first kappa shape index (κ1) is 16.8. The molecular weight excluding hydrogens is 299 g/mol. The van der Waals surface area contributed by atoms with Crippen molar-refractivity contribution in [1.82, 2.24) is 14.5 Å². The topological polar surface area (TPSA) is 58.4 Å². The van der Waals surface area contributed by atoms with Crippen LogP contribution in [0.2, 0.25) is 0 Å². The zero-order valence-electron chi connectivity index (χ0n) is 12.4. The van der Waals surface area contributed by atoms with Crippen LogP contribution >= 0.6 is 0 Å². The lowest BCUT2D eigenvalue weighted by Gasteiger charge is -2.31. The van der Waals surface area contributed by atoms with Gasteiger partial charge in [-0.25, -0.2) is 4.98 Å². The monoisotopic (exact) mass is 319 g/mol. The van der Waals surface area contributed by atoms with Crippen LogP contribution in [-0.4, -0.2) is 44.7 Å². The minimum absolute atomic E-state index is 0.438. The van der Waals surface area contributed by atoms with Crippen LogP contribution in [0.3, 0.4) is 0 Å².